The zero-order valence-corrected chi connectivity index (χ0v) is 11.9. The van der Waals surface area contributed by atoms with E-state index in [-0.39, 0.29) is 17.7 Å². The number of piperidine rings is 1. The molecule has 0 spiro atoms. The van der Waals surface area contributed by atoms with E-state index in [0.717, 1.165) is 4.90 Å². The molecular formula is C13H19N5O2. The topological polar surface area (TPSA) is 101 Å². The van der Waals surface area contributed by atoms with Crippen LogP contribution in [0.25, 0.3) is 0 Å². The molecule has 20 heavy (non-hydrogen) atoms. The lowest BCUT2D eigenvalue weighted by Gasteiger charge is -2.28. The predicted molar refractivity (Wildman–Crippen MR) is 75.0 cm³/mol. The first-order chi connectivity index (χ1) is 9.38. The van der Waals surface area contributed by atoms with Crippen molar-refractivity contribution in [3.8, 4) is 0 Å². The Morgan fingerprint density at radius 1 is 1.40 bits per heavy atom. The first-order valence-electron chi connectivity index (χ1n) is 6.60. The number of nitrogens with zero attached hydrogens (tertiary/aromatic N) is 3. The molecule has 0 aliphatic carbocycles. The van der Waals surface area contributed by atoms with Crippen molar-refractivity contribution in [3.05, 3.63) is 11.9 Å². The number of imide groups is 1. The number of carbonyl (C=O) groups is 2. The Bertz CT molecular complexity index is 544. The third-order valence-corrected chi connectivity index (χ3v) is 3.25. The van der Waals surface area contributed by atoms with Gasteiger partial charge in [0.25, 0.3) is 5.91 Å². The van der Waals surface area contributed by atoms with Crippen LogP contribution in [0.1, 0.15) is 38.4 Å². The van der Waals surface area contributed by atoms with E-state index in [9.17, 15) is 9.59 Å². The first-order valence-corrected chi connectivity index (χ1v) is 6.60. The Morgan fingerprint density at radius 3 is 2.75 bits per heavy atom. The zero-order valence-electron chi connectivity index (χ0n) is 11.9. The van der Waals surface area contributed by atoms with Gasteiger partial charge in [-0.2, -0.15) is 0 Å². The van der Waals surface area contributed by atoms with Crippen LogP contribution in [0.3, 0.4) is 0 Å². The molecule has 0 saturated carbocycles. The Kier molecular flexibility index (Phi) is 3.87. The Labute approximate surface area is 117 Å². The fourth-order valence-electron chi connectivity index (χ4n) is 2.05. The summed E-state index contributed by atoms with van der Waals surface area (Å²) in [4.78, 5) is 33.1. The van der Waals surface area contributed by atoms with Crippen molar-refractivity contribution in [3.63, 3.8) is 0 Å². The van der Waals surface area contributed by atoms with Crippen molar-refractivity contribution in [2.75, 3.05) is 18.1 Å². The number of aromatic nitrogens is 2. The van der Waals surface area contributed by atoms with Gasteiger partial charge in [-0.15, -0.1) is 0 Å². The van der Waals surface area contributed by atoms with Crippen molar-refractivity contribution in [1.82, 2.24) is 14.9 Å². The standard InChI is InChI=1S/C13H19N5O2/c1-7(2)12-16-9(14)6-10(17-12)15-8-4-5-11(19)18(3)13(8)20/h6-8H,4-5H2,1-3H3,(H3,14,15,16,17). The third-order valence-electron chi connectivity index (χ3n) is 3.25. The molecule has 1 aromatic rings. The summed E-state index contributed by atoms with van der Waals surface area (Å²) in [6.45, 7) is 3.94. The third kappa shape index (κ3) is 2.87. The fourth-order valence-corrected chi connectivity index (χ4v) is 2.05. The number of nitrogens with one attached hydrogen (secondary N) is 1. The number of nitrogen functional groups attached to an aromatic ring is 1. The lowest BCUT2D eigenvalue weighted by atomic mass is 10.0. The minimum atomic E-state index is -0.452. The van der Waals surface area contributed by atoms with Crippen LogP contribution in [0, 0.1) is 0 Å². The Hall–Kier alpha value is -2.18. The van der Waals surface area contributed by atoms with Gasteiger partial charge in [0.05, 0.1) is 0 Å². The maximum atomic E-state index is 12.0. The monoisotopic (exact) mass is 277 g/mol. The molecule has 3 N–H and O–H groups in total. The molecular weight excluding hydrogens is 258 g/mol. The Balaban J connectivity index is 2.18. The van der Waals surface area contributed by atoms with Gasteiger partial charge in [0.1, 0.15) is 23.5 Å². The molecule has 1 aliphatic rings. The predicted octanol–water partition coefficient (Wildman–Crippen LogP) is 0.741. The summed E-state index contributed by atoms with van der Waals surface area (Å²) >= 11 is 0. The molecule has 7 heteroatoms. The highest BCUT2D eigenvalue weighted by Crippen LogP contribution is 2.19. The average molecular weight is 277 g/mol. The SMILES string of the molecule is CC(C)c1nc(N)cc(NC2CCC(=O)N(C)C2=O)n1. The molecule has 1 unspecified atom stereocenters. The normalized spacial score (nSPS) is 19.6. The largest absolute Gasteiger partial charge is 0.384 e. The van der Waals surface area contributed by atoms with E-state index in [1.807, 2.05) is 13.8 Å². The van der Waals surface area contributed by atoms with Crippen LogP contribution in [0.2, 0.25) is 0 Å². The van der Waals surface area contributed by atoms with Gasteiger partial charge in [0.2, 0.25) is 5.91 Å². The first kappa shape index (κ1) is 14.2. The second-order valence-electron chi connectivity index (χ2n) is 5.22. The van der Waals surface area contributed by atoms with E-state index in [4.69, 9.17) is 5.73 Å². The lowest BCUT2D eigenvalue weighted by Crippen LogP contribution is -2.48. The molecule has 0 radical (unpaired) electrons. The van der Waals surface area contributed by atoms with Crippen molar-refractivity contribution in [1.29, 1.82) is 0 Å². The van der Waals surface area contributed by atoms with E-state index >= 15 is 0 Å². The smallest absolute Gasteiger partial charge is 0.251 e. The average Bonchev–Trinajstić information content (AvgIpc) is 2.39. The number of hydrogen-bond acceptors (Lipinski definition) is 6. The van der Waals surface area contributed by atoms with Crippen LogP contribution in [0.4, 0.5) is 11.6 Å². The zero-order chi connectivity index (χ0) is 14.9. The molecule has 2 heterocycles. The second kappa shape index (κ2) is 5.44. The van der Waals surface area contributed by atoms with Crippen molar-refractivity contribution in [2.24, 2.45) is 0 Å². The summed E-state index contributed by atoms with van der Waals surface area (Å²) < 4.78 is 0. The van der Waals surface area contributed by atoms with Gasteiger partial charge in [-0.3, -0.25) is 14.5 Å². The highest BCUT2D eigenvalue weighted by Gasteiger charge is 2.31. The van der Waals surface area contributed by atoms with Crippen LogP contribution >= 0.6 is 0 Å². The van der Waals surface area contributed by atoms with Gasteiger partial charge in [-0.25, -0.2) is 9.97 Å². The number of likely N-dealkylation sites (N-methyl/N-ethyl adjacent to an activating group) is 1. The van der Waals surface area contributed by atoms with Gasteiger partial charge in [0, 0.05) is 25.5 Å². The molecule has 0 bridgehead atoms. The number of carbonyl (C=O) groups excluding carboxylic acids is 2. The lowest BCUT2D eigenvalue weighted by molar-refractivity contribution is -0.146. The molecule has 2 rings (SSSR count). The molecule has 1 aliphatic heterocycles. The summed E-state index contributed by atoms with van der Waals surface area (Å²) in [6.07, 6.45) is 0.806. The number of amides is 2. The van der Waals surface area contributed by atoms with E-state index in [0.29, 0.717) is 30.3 Å². The number of hydrogen-bond donors (Lipinski definition) is 2. The highest BCUT2D eigenvalue weighted by atomic mass is 16.2. The fraction of sp³-hybridized carbons (Fsp3) is 0.538. The number of likely N-dealkylation sites (tertiary alicyclic amines) is 1. The summed E-state index contributed by atoms with van der Waals surface area (Å²) in [5, 5.41) is 3.04. The van der Waals surface area contributed by atoms with Gasteiger partial charge >= 0.3 is 0 Å². The molecule has 2 amide bonds. The quantitative estimate of drug-likeness (QED) is 0.790. The minimum Gasteiger partial charge on any atom is -0.384 e. The van der Waals surface area contributed by atoms with Crippen molar-refractivity contribution in [2.45, 2.75) is 38.6 Å². The number of rotatable bonds is 3. The Morgan fingerprint density at radius 2 is 2.10 bits per heavy atom. The van der Waals surface area contributed by atoms with Crippen LogP contribution < -0.4 is 11.1 Å². The number of nitrogens with two attached hydrogens (primary N) is 1. The van der Waals surface area contributed by atoms with Gasteiger partial charge < -0.3 is 11.1 Å². The minimum absolute atomic E-state index is 0.144. The molecule has 1 aromatic heterocycles. The summed E-state index contributed by atoms with van der Waals surface area (Å²) in [6, 6.07) is 1.14. The maximum Gasteiger partial charge on any atom is 0.251 e. The summed E-state index contributed by atoms with van der Waals surface area (Å²) in [5.74, 6) is 1.24. The van der Waals surface area contributed by atoms with Crippen molar-refractivity contribution < 1.29 is 9.59 Å². The highest BCUT2D eigenvalue weighted by molar-refractivity contribution is 6.01. The van der Waals surface area contributed by atoms with Crippen LogP contribution in [-0.4, -0.2) is 39.8 Å². The second-order valence-corrected chi connectivity index (χ2v) is 5.22. The van der Waals surface area contributed by atoms with Gasteiger partial charge in [-0.05, 0) is 6.42 Å². The van der Waals surface area contributed by atoms with Gasteiger partial charge in [-0.1, -0.05) is 13.8 Å². The van der Waals surface area contributed by atoms with Gasteiger partial charge in [0.15, 0.2) is 0 Å². The van der Waals surface area contributed by atoms with E-state index in [1.54, 1.807) is 6.07 Å². The summed E-state index contributed by atoms with van der Waals surface area (Å²) in [5.41, 5.74) is 5.75. The van der Waals surface area contributed by atoms with E-state index in [2.05, 4.69) is 15.3 Å². The molecule has 7 nitrogen and oxygen atoms in total. The van der Waals surface area contributed by atoms with Crippen LogP contribution in [-0.2, 0) is 9.59 Å². The molecule has 0 aromatic carbocycles. The molecule has 108 valence electrons. The molecule has 1 saturated heterocycles. The summed E-state index contributed by atoms with van der Waals surface area (Å²) in [7, 11) is 1.49. The van der Waals surface area contributed by atoms with E-state index in [1.165, 1.54) is 7.05 Å². The van der Waals surface area contributed by atoms with Crippen molar-refractivity contribution >= 4 is 23.5 Å². The van der Waals surface area contributed by atoms with Crippen LogP contribution in [0.5, 0.6) is 0 Å². The molecule has 1 fully saturated rings. The van der Waals surface area contributed by atoms with E-state index < -0.39 is 6.04 Å². The number of anilines is 2. The molecule has 1 atom stereocenters. The maximum absolute atomic E-state index is 12.0. The van der Waals surface area contributed by atoms with Crippen LogP contribution in [0.15, 0.2) is 6.07 Å².